The normalized spacial score (nSPS) is 18.3. The van der Waals surface area contributed by atoms with E-state index in [1.807, 2.05) is 6.07 Å². The molecule has 2 aromatic heterocycles. The van der Waals surface area contributed by atoms with Crippen LogP contribution >= 0.6 is 11.6 Å². The largest absolute Gasteiger partial charge is 0.350 e. The summed E-state index contributed by atoms with van der Waals surface area (Å²) in [5.74, 6) is -0.271. The lowest BCUT2D eigenvalue weighted by molar-refractivity contribution is 0.0877. The molecule has 1 fully saturated rings. The predicted octanol–water partition coefficient (Wildman–Crippen LogP) is 3.00. The fraction of sp³-hybridized carbons (Fsp3) is 0.353. The molecule has 0 saturated heterocycles. The van der Waals surface area contributed by atoms with E-state index in [2.05, 4.69) is 15.6 Å². The smallest absolute Gasteiger partial charge is 0.276 e. The first-order valence-electron chi connectivity index (χ1n) is 8.06. The minimum Gasteiger partial charge on any atom is -0.350 e. The van der Waals surface area contributed by atoms with Crippen molar-refractivity contribution in [3.05, 3.63) is 51.7 Å². The molecular formula is C17H17ClN4O2. The van der Waals surface area contributed by atoms with Crippen molar-refractivity contribution in [3.63, 3.8) is 0 Å². The van der Waals surface area contributed by atoms with Crippen LogP contribution in [0, 0.1) is 0 Å². The van der Waals surface area contributed by atoms with Crippen LogP contribution in [0.5, 0.6) is 0 Å². The number of rotatable bonds is 2. The summed E-state index contributed by atoms with van der Waals surface area (Å²) in [6.07, 6.45) is 7.85. The number of carbonyl (C=O) groups excluding carboxylic acids is 1. The van der Waals surface area contributed by atoms with Crippen LogP contribution in [0.15, 0.2) is 35.4 Å². The number of hydrogen-bond acceptors (Lipinski definition) is 4. The third kappa shape index (κ3) is 2.29. The third-order valence-corrected chi connectivity index (χ3v) is 5.05. The highest BCUT2D eigenvalue weighted by atomic mass is 35.5. The van der Waals surface area contributed by atoms with Crippen molar-refractivity contribution >= 4 is 28.9 Å². The summed E-state index contributed by atoms with van der Waals surface area (Å²) >= 11 is 6.33. The number of aromatic nitrogens is 2. The Hall–Kier alpha value is -2.34. The lowest BCUT2D eigenvalue weighted by Gasteiger charge is -2.35. The van der Waals surface area contributed by atoms with Gasteiger partial charge < -0.3 is 10.6 Å². The molecule has 6 nitrogen and oxygen atoms in total. The summed E-state index contributed by atoms with van der Waals surface area (Å²) in [7, 11) is 0. The quantitative estimate of drug-likeness (QED) is 0.878. The highest BCUT2D eigenvalue weighted by molar-refractivity contribution is 6.34. The van der Waals surface area contributed by atoms with Gasteiger partial charge in [-0.05, 0) is 43.9 Å². The molecule has 2 aliphatic rings. The monoisotopic (exact) mass is 344 g/mol. The maximum absolute atomic E-state index is 13.1. The van der Waals surface area contributed by atoms with Gasteiger partial charge in [-0.15, -0.1) is 0 Å². The molecule has 1 amide bonds. The molecule has 2 N–H and O–H groups in total. The summed E-state index contributed by atoms with van der Waals surface area (Å²) in [5, 5.41) is 6.35. The third-order valence-electron chi connectivity index (χ3n) is 4.76. The van der Waals surface area contributed by atoms with Crippen LogP contribution in [0.25, 0.3) is 0 Å². The van der Waals surface area contributed by atoms with Crippen molar-refractivity contribution < 1.29 is 4.79 Å². The van der Waals surface area contributed by atoms with Gasteiger partial charge in [0.05, 0.1) is 16.9 Å². The molecule has 1 saturated carbocycles. The summed E-state index contributed by atoms with van der Waals surface area (Å²) in [4.78, 5) is 29.5. The van der Waals surface area contributed by atoms with Gasteiger partial charge in [0, 0.05) is 6.20 Å². The molecule has 0 bridgehead atoms. The summed E-state index contributed by atoms with van der Waals surface area (Å²) < 4.78 is 1.57. The highest BCUT2D eigenvalue weighted by Crippen LogP contribution is 2.38. The van der Waals surface area contributed by atoms with Gasteiger partial charge in [0.1, 0.15) is 17.0 Å². The van der Waals surface area contributed by atoms with Crippen molar-refractivity contribution in [2.24, 2.45) is 0 Å². The van der Waals surface area contributed by atoms with E-state index >= 15 is 0 Å². The van der Waals surface area contributed by atoms with Gasteiger partial charge in [-0.2, -0.15) is 0 Å². The molecule has 2 aromatic rings. The molecule has 0 unspecified atom stereocenters. The number of carbonyl (C=O) groups is 1. The molecule has 24 heavy (non-hydrogen) atoms. The fourth-order valence-corrected chi connectivity index (χ4v) is 3.98. The standard InChI is InChI=1S/C17H17ClN4O2/c18-12-9-13(20-11-5-4-8-19-10-11)16(24)22-14(12)15(23)21-17(22)6-2-1-3-7-17/h4-5,8-10,20H,1-3,6-7H2,(H,21,23). The van der Waals surface area contributed by atoms with Gasteiger partial charge in [-0.25, -0.2) is 0 Å². The van der Waals surface area contributed by atoms with E-state index in [1.54, 1.807) is 23.0 Å². The zero-order chi connectivity index (χ0) is 16.7. The van der Waals surface area contributed by atoms with E-state index < -0.39 is 5.66 Å². The number of nitrogens with one attached hydrogen (secondary N) is 2. The van der Waals surface area contributed by atoms with Gasteiger partial charge in [-0.1, -0.05) is 18.0 Å². The Morgan fingerprint density at radius 1 is 1.25 bits per heavy atom. The van der Waals surface area contributed by atoms with Gasteiger partial charge in [0.25, 0.3) is 11.5 Å². The van der Waals surface area contributed by atoms with E-state index in [0.717, 1.165) is 32.1 Å². The number of pyridine rings is 2. The molecule has 0 radical (unpaired) electrons. The SMILES string of the molecule is O=C1NC2(CCCCC2)n2c1c(Cl)cc(Nc1cccnc1)c2=O. The zero-order valence-corrected chi connectivity index (χ0v) is 13.8. The van der Waals surface area contributed by atoms with E-state index in [-0.39, 0.29) is 22.2 Å². The van der Waals surface area contributed by atoms with Crippen molar-refractivity contribution in [1.82, 2.24) is 14.9 Å². The number of nitrogens with zero attached hydrogens (tertiary/aromatic N) is 2. The zero-order valence-electron chi connectivity index (χ0n) is 13.0. The topological polar surface area (TPSA) is 76.0 Å². The molecule has 1 aliphatic carbocycles. The van der Waals surface area contributed by atoms with Crippen LogP contribution in [0.2, 0.25) is 5.02 Å². The van der Waals surface area contributed by atoms with Crippen LogP contribution < -0.4 is 16.2 Å². The Kier molecular flexibility index (Phi) is 3.57. The molecule has 0 atom stereocenters. The molecule has 1 aliphatic heterocycles. The number of anilines is 2. The second-order valence-electron chi connectivity index (χ2n) is 6.31. The van der Waals surface area contributed by atoms with Crippen LogP contribution in [-0.2, 0) is 5.66 Å². The average Bonchev–Trinajstić information content (AvgIpc) is 2.86. The minimum atomic E-state index is -0.641. The number of fused-ring (bicyclic) bond motifs is 2. The Morgan fingerprint density at radius 2 is 2.04 bits per heavy atom. The molecule has 0 aromatic carbocycles. The fourth-order valence-electron chi connectivity index (χ4n) is 3.70. The Balaban J connectivity index is 1.85. The second kappa shape index (κ2) is 5.63. The van der Waals surface area contributed by atoms with Crippen molar-refractivity contribution in [2.75, 3.05) is 5.32 Å². The maximum atomic E-state index is 13.1. The first-order valence-corrected chi connectivity index (χ1v) is 8.44. The van der Waals surface area contributed by atoms with Crippen molar-refractivity contribution in [3.8, 4) is 0 Å². The molecule has 124 valence electrons. The average molecular weight is 345 g/mol. The first-order chi connectivity index (χ1) is 11.6. The van der Waals surface area contributed by atoms with E-state index in [0.29, 0.717) is 11.4 Å². The number of amides is 1. The van der Waals surface area contributed by atoms with Gasteiger partial charge >= 0.3 is 0 Å². The Bertz CT molecular complexity index is 857. The van der Waals surface area contributed by atoms with E-state index in [1.165, 1.54) is 6.07 Å². The van der Waals surface area contributed by atoms with Crippen LogP contribution in [0.4, 0.5) is 11.4 Å². The van der Waals surface area contributed by atoms with Crippen LogP contribution in [0.3, 0.4) is 0 Å². The molecule has 7 heteroatoms. The Labute approximate surface area is 143 Å². The molecule has 3 heterocycles. The summed E-state index contributed by atoms with van der Waals surface area (Å²) in [6.45, 7) is 0. The summed E-state index contributed by atoms with van der Waals surface area (Å²) in [6, 6.07) is 5.12. The molecular weight excluding hydrogens is 328 g/mol. The molecule has 4 rings (SSSR count). The van der Waals surface area contributed by atoms with Gasteiger partial charge in [-0.3, -0.25) is 19.1 Å². The molecule has 1 spiro atoms. The van der Waals surface area contributed by atoms with Crippen LogP contribution in [0.1, 0.15) is 42.6 Å². The maximum Gasteiger partial charge on any atom is 0.276 e. The first kappa shape index (κ1) is 15.2. The van der Waals surface area contributed by atoms with Crippen LogP contribution in [-0.4, -0.2) is 15.5 Å². The lowest BCUT2D eigenvalue weighted by atomic mass is 9.89. The number of hydrogen-bond donors (Lipinski definition) is 2. The second-order valence-corrected chi connectivity index (χ2v) is 6.72. The van der Waals surface area contributed by atoms with E-state index in [9.17, 15) is 9.59 Å². The van der Waals surface area contributed by atoms with Crippen molar-refractivity contribution in [2.45, 2.75) is 37.8 Å². The van der Waals surface area contributed by atoms with Gasteiger partial charge in [0.15, 0.2) is 0 Å². The number of halogens is 1. The highest BCUT2D eigenvalue weighted by Gasteiger charge is 2.45. The predicted molar refractivity (Wildman–Crippen MR) is 91.8 cm³/mol. The van der Waals surface area contributed by atoms with Crippen molar-refractivity contribution in [1.29, 1.82) is 0 Å². The Morgan fingerprint density at radius 3 is 2.75 bits per heavy atom. The van der Waals surface area contributed by atoms with Gasteiger partial charge in [0.2, 0.25) is 0 Å². The summed E-state index contributed by atoms with van der Waals surface area (Å²) in [5.41, 5.74) is 0.427. The van der Waals surface area contributed by atoms with E-state index in [4.69, 9.17) is 11.6 Å². The lowest BCUT2D eigenvalue weighted by Crippen LogP contribution is -2.48. The minimum absolute atomic E-state index is 0.237.